The molecule has 14 heavy (non-hydrogen) atoms. The summed E-state index contributed by atoms with van der Waals surface area (Å²) in [4.78, 5) is 10.8. The quantitative estimate of drug-likeness (QED) is 0.648. The van der Waals surface area contributed by atoms with E-state index in [4.69, 9.17) is 10.0 Å². The van der Waals surface area contributed by atoms with Gasteiger partial charge in [0.1, 0.15) is 11.6 Å². The van der Waals surface area contributed by atoms with Gasteiger partial charge in [-0.2, -0.15) is 0 Å². The minimum atomic E-state index is -1.64. The van der Waals surface area contributed by atoms with Crippen molar-refractivity contribution in [3.05, 3.63) is 29.6 Å². The van der Waals surface area contributed by atoms with Gasteiger partial charge in [-0.3, -0.25) is 4.79 Å². The molecule has 2 N–H and O–H groups in total. The molecule has 3 nitrogen and oxygen atoms in total. The van der Waals surface area contributed by atoms with E-state index in [1.54, 1.807) is 0 Å². The third-order valence-electron chi connectivity index (χ3n) is 1.81. The van der Waals surface area contributed by atoms with Crippen LogP contribution in [0, 0.1) is 5.82 Å². The molecule has 0 heterocycles. The van der Waals surface area contributed by atoms with Gasteiger partial charge in [-0.25, -0.2) is 4.39 Å². The van der Waals surface area contributed by atoms with Crippen LogP contribution in [0.1, 0.15) is 12.5 Å². The molecule has 0 amide bonds. The number of carbonyl (C=O) groups excluding carboxylic acids is 1. The second kappa shape index (κ2) is 4.35. The number of rotatable bonds is 3. The second-order valence-electron chi connectivity index (χ2n) is 3.10. The molecule has 0 bridgehead atoms. The Hall–Kier alpha value is -1.20. The number of halogens is 1. The van der Waals surface area contributed by atoms with Crippen molar-refractivity contribution in [2.24, 2.45) is 0 Å². The Labute approximate surface area is 81.3 Å². The van der Waals surface area contributed by atoms with Gasteiger partial charge in [0.25, 0.3) is 0 Å². The molecule has 0 saturated heterocycles. The standard InChI is InChI=1S/C9H10BFO3/c1-6(12)4-7-5-8(10(13)14)2-3-9(7)11/h2-3,5,13-14H,4H2,1H3. The Morgan fingerprint density at radius 1 is 1.50 bits per heavy atom. The highest BCUT2D eigenvalue weighted by atomic mass is 19.1. The average Bonchev–Trinajstić information content (AvgIpc) is 2.07. The van der Waals surface area contributed by atoms with Crippen LogP contribution in [0.25, 0.3) is 0 Å². The predicted molar refractivity (Wildman–Crippen MR) is 50.6 cm³/mol. The van der Waals surface area contributed by atoms with Crippen molar-refractivity contribution in [2.45, 2.75) is 13.3 Å². The van der Waals surface area contributed by atoms with E-state index in [9.17, 15) is 9.18 Å². The molecule has 74 valence electrons. The average molecular weight is 196 g/mol. The normalized spacial score (nSPS) is 10.0. The fraction of sp³-hybridized carbons (Fsp3) is 0.222. The van der Waals surface area contributed by atoms with Crippen LogP contribution in [-0.4, -0.2) is 22.9 Å². The summed E-state index contributed by atoms with van der Waals surface area (Å²) in [6.07, 6.45) is -0.0353. The fourth-order valence-electron chi connectivity index (χ4n) is 1.16. The Kier molecular flexibility index (Phi) is 3.38. The van der Waals surface area contributed by atoms with Crippen molar-refractivity contribution in [3.63, 3.8) is 0 Å². The molecular weight excluding hydrogens is 186 g/mol. The summed E-state index contributed by atoms with van der Waals surface area (Å²) in [5.74, 6) is -0.682. The third kappa shape index (κ3) is 2.65. The van der Waals surface area contributed by atoms with Gasteiger partial charge >= 0.3 is 7.12 Å². The first-order valence-electron chi connectivity index (χ1n) is 4.14. The molecule has 0 aliphatic carbocycles. The van der Waals surface area contributed by atoms with Gasteiger partial charge < -0.3 is 10.0 Å². The highest BCUT2D eigenvalue weighted by Crippen LogP contribution is 2.06. The molecule has 0 saturated carbocycles. The van der Waals surface area contributed by atoms with Crippen LogP contribution in [-0.2, 0) is 11.2 Å². The maximum absolute atomic E-state index is 13.1. The first kappa shape index (κ1) is 10.9. The Morgan fingerprint density at radius 3 is 2.64 bits per heavy atom. The lowest BCUT2D eigenvalue weighted by Gasteiger charge is -2.04. The first-order chi connectivity index (χ1) is 6.50. The lowest BCUT2D eigenvalue weighted by molar-refractivity contribution is -0.116. The van der Waals surface area contributed by atoms with Crippen LogP contribution < -0.4 is 5.46 Å². The van der Waals surface area contributed by atoms with Crippen molar-refractivity contribution in [1.29, 1.82) is 0 Å². The summed E-state index contributed by atoms with van der Waals surface area (Å²) >= 11 is 0. The van der Waals surface area contributed by atoms with Gasteiger partial charge in [0, 0.05) is 6.42 Å². The van der Waals surface area contributed by atoms with E-state index in [2.05, 4.69) is 0 Å². The number of benzene rings is 1. The van der Waals surface area contributed by atoms with E-state index in [1.807, 2.05) is 0 Å². The summed E-state index contributed by atoms with van der Waals surface area (Å²) in [5, 5.41) is 17.6. The minimum Gasteiger partial charge on any atom is -0.423 e. The van der Waals surface area contributed by atoms with Gasteiger partial charge in [0.15, 0.2) is 0 Å². The van der Waals surface area contributed by atoms with E-state index >= 15 is 0 Å². The summed E-state index contributed by atoms with van der Waals surface area (Å²) < 4.78 is 13.1. The first-order valence-corrected chi connectivity index (χ1v) is 4.14. The van der Waals surface area contributed by atoms with Crippen LogP contribution in [0.15, 0.2) is 18.2 Å². The van der Waals surface area contributed by atoms with E-state index in [1.165, 1.54) is 19.1 Å². The highest BCUT2D eigenvalue weighted by molar-refractivity contribution is 6.58. The SMILES string of the molecule is CC(=O)Cc1cc(B(O)O)ccc1F. The van der Waals surface area contributed by atoms with Crippen LogP contribution in [0.5, 0.6) is 0 Å². The Balaban J connectivity index is 3.02. The second-order valence-corrected chi connectivity index (χ2v) is 3.10. The molecule has 0 aromatic heterocycles. The van der Waals surface area contributed by atoms with Crippen LogP contribution in [0.2, 0.25) is 0 Å². The molecule has 1 aromatic carbocycles. The van der Waals surface area contributed by atoms with Crippen LogP contribution >= 0.6 is 0 Å². The zero-order chi connectivity index (χ0) is 10.7. The zero-order valence-electron chi connectivity index (χ0n) is 7.70. The summed E-state index contributed by atoms with van der Waals surface area (Å²) in [5.41, 5.74) is 0.366. The van der Waals surface area contributed by atoms with E-state index in [0.717, 1.165) is 6.07 Å². The highest BCUT2D eigenvalue weighted by Gasteiger charge is 2.13. The topological polar surface area (TPSA) is 57.5 Å². The van der Waals surface area contributed by atoms with Gasteiger partial charge in [-0.1, -0.05) is 12.1 Å². The molecule has 0 aliphatic rings. The molecular formula is C9H10BFO3. The molecule has 1 aromatic rings. The summed E-state index contributed by atoms with van der Waals surface area (Å²) in [6.45, 7) is 1.35. The van der Waals surface area contributed by atoms with Crippen molar-refractivity contribution < 1.29 is 19.2 Å². The molecule has 1 rings (SSSR count). The number of hydrogen-bond donors (Lipinski definition) is 2. The Bertz CT molecular complexity index is 352. The summed E-state index contributed by atoms with van der Waals surface area (Å²) in [6, 6.07) is 3.66. The fourth-order valence-corrected chi connectivity index (χ4v) is 1.16. The monoisotopic (exact) mass is 196 g/mol. The molecule has 0 aliphatic heterocycles. The third-order valence-corrected chi connectivity index (χ3v) is 1.81. The van der Waals surface area contributed by atoms with E-state index in [0.29, 0.717) is 0 Å². The Morgan fingerprint density at radius 2 is 2.14 bits per heavy atom. The number of hydrogen-bond acceptors (Lipinski definition) is 3. The lowest BCUT2D eigenvalue weighted by Crippen LogP contribution is -2.30. The molecule has 0 atom stereocenters. The molecule has 0 radical (unpaired) electrons. The maximum atomic E-state index is 13.1. The van der Waals surface area contributed by atoms with Gasteiger partial charge in [0.05, 0.1) is 0 Å². The van der Waals surface area contributed by atoms with Crippen molar-refractivity contribution in [1.82, 2.24) is 0 Å². The number of ketones is 1. The maximum Gasteiger partial charge on any atom is 0.488 e. The molecule has 0 fully saturated rings. The van der Waals surface area contributed by atoms with E-state index < -0.39 is 12.9 Å². The van der Waals surface area contributed by atoms with Crippen molar-refractivity contribution in [3.8, 4) is 0 Å². The van der Waals surface area contributed by atoms with Gasteiger partial charge in [-0.05, 0) is 24.0 Å². The van der Waals surface area contributed by atoms with Gasteiger partial charge in [0.2, 0.25) is 0 Å². The molecule has 0 spiro atoms. The predicted octanol–water partition coefficient (Wildman–Crippen LogP) is -0.363. The number of carbonyl (C=O) groups is 1. The lowest BCUT2D eigenvalue weighted by atomic mass is 9.79. The minimum absolute atomic E-state index is 0.0353. The van der Waals surface area contributed by atoms with Crippen molar-refractivity contribution >= 4 is 18.4 Å². The zero-order valence-corrected chi connectivity index (χ0v) is 7.70. The van der Waals surface area contributed by atoms with E-state index in [-0.39, 0.29) is 23.2 Å². The van der Waals surface area contributed by atoms with Crippen LogP contribution in [0.4, 0.5) is 4.39 Å². The van der Waals surface area contributed by atoms with Crippen LogP contribution in [0.3, 0.4) is 0 Å². The molecule has 0 unspecified atom stereocenters. The summed E-state index contributed by atoms with van der Waals surface area (Å²) in [7, 11) is -1.64. The number of Topliss-reactive ketones (excluding diaryl/α,β-unsaturated/α-hetero) is 1. The molecule has 5 heteroatoms. The van der Waals surface area contributed by atoms with Crippen molar-refractivity contribution in [2.75, 3.05) is 0 Å². The largest absolute Gasteiger partial charge is 0.488 e. The smallest absolute Gasteiger partial charge is 0.423 e. The van der Waals surface area contributed by atoms with Gasteiger partial charge in [-0.15, -0.1) is 0 Å².